The Balaban J connectivity index is 3.73. The van der Waals surface area contributed by atoms with E-state index in [1.165, 1.54) is 19.3 Å². The second kappa shape index (κ2) is 8.32. The van der Waals surface area contributed by atoms with Gasteiger partial charge < -0.3 is 0 Å². The van der Waals surface area contributed by atoms with Crippen molar-refractivity contribution in [3.63, 3.8) is 0 Å². The summed E-state index contributed by atoms with van der Waals surface area (Å²) in [5, 5.41) is 0. The molecule has 12 heavy (non-hydrogen) atoms. The van der Waals surface area contributed by atoms with Gasteiger partial charge in [0.2, 0.25) is 0 Å². The Labute approximate surface area is 76.7 Å². The highest BCUT2D eigenvalue weighted by atomic mass is 14.0. The summed E-state index contributed by atoms with van der Waals surface area (Å²) in [6.07, 6.45) is 14.2. The van der Waals surface area contributed by atoms with Gasteiger partial charge in [0.15, 0.2) is 0 Å². The van der Waals surface area contributed by atoms with Gasteiger partial charge in [0.1, 0.15) is 0 Å². The molecule has 0 N–H and O–H groups in total. The molecule has 1 atom stereocenters. The molecule has 0 rings (SSSR count). The lowest BCUT2D eigenvalue weighted by Crippen LogP contribution is -1.89. The molecule has 0 saturated carbocycles. The van der Waals surface area contributed by atoms with Gasteiger partial charge >= 0.3 is 0 Å². The molecule has 0 aliphatic rings. The first-order chi connectivity index (χ1) is 5.85. The Bertz CT molecular complexity index is 151. The second-order valence-electron chi connectivity index (χ2n) is 2.95. The number of allylic oxidation sites excluding steroid dienone is 5. The molecule has 0 fully saturated rings. The largest absolute Gasteiger partial charge is 0.102 e. The first-order valence-corrected chi connectivity index (χ1v) is 4.77. The van der Waals surface area contributed by atoms with Crippen LogP contribution < -0.4 is 0 Å². The summed E-state index contributed by atoms with van der Waals surface area (Å²) in [5.41, 5.74) is 0. The summed E-state index contributed by atoms with van der Waals surface area (Å²) in [6.45, 7) is 8.06. The van der Waals surface area contributed by atoms with Gasteiger partial charge in [-0.25, -0.2) is 0 Å². The fraction of sp³-hybridized carbons (Fsp3) is 0.500. The molecule has 0 bridgehead atoms. The first-order valence-electron chi connectivity index (χ1n) is 4.77. The fourth-order valence-corrected chi connectivity index (χ4v) is 1.05. The highest BCUT2D eigenvalue weighted by Gasteiger charge is 1.96. The van der Waals surface area contributed by atoms with Crippen LogP contribution in [0.15, 0.2) is 37.0 Å². The highest BCUT2D eigenvalue weighted by Crippen LogP contribution is 2.10. The van der Waals surface area contributed by atoms with Crippen LogP contribution in [0.1, 0.15) is 33.1 Å². The molecule has 0 aliphatic heterocycles. The quantitative estimate of drug-likeness (QED) is 0.409. The standard InChI is InChI=1S/C12H20/c1-4-7-9-11-12(6-3)10-8-5-2/h4,6-7,9,11-12H,3,5,8,10H2,1-2H3/b7-4-,11-9?. The van der Waals surface area contributed by atoms with E-state index >= 15 is 0 Å². The number of rotatable bonds is 6. The summed E-state index contributed by atoms with van der Waals surface area (Å²) in [5.74, 6) is 0.557. The molecule has 0 saturated heterocycles. The summed E-state index contributed by atoms with van der Waals surface area (Å²) in [6, 6.07) is 0. The molecule has 0 heteroatoms. The van der Waals surface area contributed by atoms with Crippen LogP contribution in [0.4, 0.5) is 0 Å². The fourth-order valence-electron chi connectivity index (χ4n) is 1.05. The highest BCUT2D eigenvalue weighted by molar-refractivity contribution is 5.06. The molecule has 0 aromatic heterocycles. The van der Waals surface area contributed by atoms with E-state index in [2.05, 4.69) is 31.7 Å². The third-order valence-corrected chi connectivity index (χ3v) is 1.86. The minimum absolute atomic E-state index is 0.557. The smallest absolute Gasteiger partial charge is 0.00531 e. The minimum atomic E-state index is 0.557. The van der Waals surface area contributed by atoms with E-state index in [-0.39, 0.29) is 0 Å². The van der Waals surface area contributed by atoms with Crippen LogP contribution in [-0.2, 0) is 0 Å². The Morgan fingerprint density at radius 2 is 2.08 bits per heavy atom. The average molecular weight is 164 g/mol. The maximum atomic E-state index is 3.82. The summed E-state index contributed by atoms with van der Waals surface area (Å²) >= 11 is 0. The minimum Gasteiger partial charge on any atom is -0.102 e. The van der Waals surface area contributed by atoms with Crippen LogP contribution in [-0.4, -0.2) is 0 Å². The van der Waals surface area contributed by atoms with Crippen molar-refractivity contribution in [1.29, 1.82) is 0 Å². The number of hydrogen-bond donors (Lipinski definition) is 0. The Hall–Kier alpha value is -0.780. The van der Waals surface area contributed by atoms with Crippen LogP contribution in [0.25, 0.3) is 0 Å². The molecule has 1 unspecified atom stereocenters. The summed E-state index contributed by atoms with van der Waals surface area (Å²) < 4.78 is 0. The molecule has 0 heterocycles. The third-order valence-electron chi connectivity index (χ3n) is 1.86. The van der Waals surface area contributed by atoms with Gasteiger partial charge in [0, 0.05) is 0 Å². The lowest BCUT2D eigenvalue weighted by molar-refractivity contribution is 0.643. The topological polar surface area (TPSA) is 0 Å². The van der Waals surface area contributed by atoms with Gasteiger partial charge in [0.25, 0.3) is 0 Å². The lowest BCUT2D eigenvalue weighted by Gasteiger charge is -2.04. The van der Waals surface area contributed by atoms with Crippen molar-refractivity contribution in [3.05, 3.63) is 37.0 Å². The van der Waals surface area contributed by atoms with Crippen LogP contribution in [0, 0.1) is 5.92 Å². The van der Waals surface area contributed by atoms with Crippen LogP contribution in [0.3, 0.4) is 0 Å². The first kappa shape index (κ1) is 11.2. The molecule has 0 aromatic rings. The van der Waals surface area contributed by atoms with Gasteiger partial charge in [-0.15, -0.1) is 6.58 Å². The van der Waals surface area contributed by atoms with Crippen molar-refractivity contribution in [1.82, 2.24) is 0 Å². The Morgan fingerprint density at radius 1 is 1.33 bits per heavy atom. The Kier molecular flexibility index (Phi) is 7.78. The molecule has 68 valence electrons. The van der Waals surface area contributed by atoms with E-state index in [1.54, 1.807) is 0 Å². The maximum absolute atomic E-state index is 3.82. The van der Waals surface area contributed by atoms with Gasteiger partial charge in [-0.3, -0.25) is 0 Å². The van der Waals surface area contributed by atoms with E-state index in [0.29, 0.717) is 5.92 Å². The molecule has 0 spiro atoms. The van der Waals surface area contributed by atoms with E-state index < -0.39 is 0 Å². The van der Waals surface area contributed by atoms with Gasteiger partial charge in [-0.1, -0.05) is 50.1 Å². The molecule has 0 radical (unpaired) electrons. The maximum Gasteiger partial charge on any atom is -0.00531 e. The zero-order valence-electron chi connectivity index (χ0n) is 8.29. The van der Waals surface area contributed by atoms with Crippen molar-refractivity contribution in [3.8, 4) is 0 Å². The van der Waals surface area contributed by atoms with Crippen LogP contribution >= 0.6 is 0 Å². The molecule has 0 aromatic carbocycles. The molecule has 0 aliphatic carbocycles. The predicted octanol–water partition coefficient (Wildman–Crippen LogP) is 4.11. The van der Waals surface area contributed by atoms with Gasteiger partial charge in [0.05, 0.1) is 0 Å². The van der Waals surface area contributed by atoms with Crippen molar-refractivity contribution in [2.45, 2.75) is 33.1 Å². The van der Waals surface area contributed by atoms with Gasteiger partial charge in [-0.05, 0) is 19.3 Å². The van der Waals surface area contributed by atoms with Crippen molar-refractivity contribution in [2.75, 3.05) is 0 Å². The van der Waals surface area contributed by atoms with E-state index in [0.717, 1.165) is 0 Å². The summed E-state index contributed by atoms with van der Waals surface area (Å²) in [4.78, 5) is 0. The van der Waals surface area contributed by atoms with Crippen molar-refractivity contribution in [2.24, 2.45) is 5.92 Å². The molecule has 0 nitrogen and oxygen atoms in total. The summed E-state index contributed by atoms with van der Waals surface area (Å²) in [7, 11) is 0. The molecular formula is C12H20. The zero-order valence-corrected chi connectivity index (χ0v) is 8.29. The number of hydrogen-bond acceptors (Lipinski definition) is 0. The van der Waals surface area contributed by atoms with Gasteiger partial charge in [-0.2, -0.15) is 0 Å². The van der Waals surface area contributed by atoms with E-state index in [4.69, 9.17) is 0 Å². The predicted molar refractivity (Wildman–Crippen MR) is 57.2 cm³/mol. The van der Waals surface area contributed by atoms with Crippen molar-refractivity contribution >= 4 is 0 Å². The molecule has 0 amide bonds. The van der Waals surface area contributed by atoms with Crippen LogP contribution in [0.5, 0.6) is 0 Å². The lowest BCUT2D eigenvalue weighted by atomic mass is 10.0. The SMILES string of the molecule is C=CC(C=C/C=C\C)CCCC. The van der Waals surface area contributed by atoms with E-state index in [9.17, 15) is 0 Å². The third kappa shape index (κ3) is 5.96. The van der Waals surface area contributed by atoms with Crippen molar-refractivity contribution < 1.29 is 0 Å². The number of unbranched alkanes of at least 4 members (excludes halogenated alkanes) is 1. The Morgan fingerprint density at radius 3 is 2.58 bits per heavy atom. The zero-order chi connectivity index (χ0) is 9.23. The monoisotopic (exact) mass is 164 g/mol. The second-order valence-corrected chi connectivity index (χ2v) is 2.95. The molecular weight excluding hydrogens is 144 g/mol. The normalized spacial score (nSPS) is 14.2. The van der Waals surface area contributed by atoms with Crippen LogP contribution in [0.2, 0.25) is 0 Å². The average Bonchev–Trinajstić information content (AvgIpc) is 2.11. The van der Waals surface area contributed by atoms with E-state index in [1.807, 2.05) is 19.1 Å².